The third-order valence-electron chi connectivity index (χ3n) is 5.06. The van der Waals surface area contributed by atoms with Crippen LogP contribution in [-0.2, 0) is 15.5 Å². The molecular weight excluding hydrogens is 401 g/mol. The van der Waals surface area contributed by atoms with Gasteiger partial charge in [0, 0.05) is 40.9 Å². The number of carbonyl (C=O) groups excluding carboxylic acids is 1. The molecule has 1 aromatic rings. The molecule has 1 atom stereocenters. The summed E-state index contributed by atoms with van der Waals surface area (Å²) in [5, 5.41) is 9.42. The van der Waals surface area contributed by atoms with Crippen LogP contribution < -0.4 is 9.80 Å². The minimum absolute atomic E-state index is 0.0343. The summed E-state index contributed by atoms with van der Waals surface area (Å²) in [7, 11) is -0.851. The lowest BCUT2D eigenvalue weighted by molar-refractivity contribution is 0.0605. The highest BCUT2D eigenvalue weighted by atomic mass is 32.2. The summed E-state index contributed by atoms with van der Waals surface area (Å²) < 4.78 is 31.5. The second kappa shape index (κ2) is 8.17. The minimum atomic E-state index is -1.09. The molecule has 2 heterocycles. The fourth-order valence-corrected chi connectivity index (χ4v) is 4.52. The molecule has 0 bridgehead atoms. The Hall–Kier alpha value is -2.36. The first-order valence-corrected chi connectivity index (χ1v) is 10.9. The second-order valence-electron chi connectivity index (χ2n) is 8.15. The highest BCUT2D eigenvalue weighted by Crippen LogP contribution is 2.29. The largest absolute Gasteiger partial charge is 0.465 e. The number of rotatable bonds is 4. The summed E-state index contributed by atoms with van der Waals surface area (Å²) in [5.74, 6) is 0.554. The molecular formula is C19H26FN3O5S. The summed E-state index contributed by atoms with van der Waals surface area (Å²) in [6.07, 6.45) is -2.36. The van der Waals surface area contributed by atoms with E-state index in [9.17, 15) is 23.3 Å². The Morgan fingerprint density at radius 3 is 2.55 bits per heavy atom. The molecule has 0 aliphatic carbocycles. The number of carbonyl (C=O) groups is 2. The summed E-state index contributed by atoms with van der Waals surface area (Å²) in [4.78, 5) is 28.2. The summed E-state index contributed by atoms with van der Waals surface area (Å²) in [5.41, 5.74) is 0.133. The predicted octanol–water partition coefficient (Wildman–Crippen LogP) is 2.50. The van der Waals surface area contributed by atoms with Crippen LogP contribution in [0.1, 0.15) is 20.8 Å². The smallest absolute Gasteiger partial charge is 0.414 e. The zero-order valence-electron chi connectivity index (χ0n) is 16.8. The van der Waals surface area contributed by atoms with Crippen LogP contribution in [0.2, 0.25) is 0 Å². The van der Waals surface area contributed by atoms with Crippen LogP contribution in [-0.4, -0.2) is 75.7 Å². The number of hydrogen-bond donors (Lipinski definition) is 1. The van der Waals surface area contributed by atoms with Gasteiger partial charge in [0.2, 0.25) is 0 Å². The normalized spacial score (nSPS) is 20.7. The molecule has 10 heteroatoms. The van der Waals surface area contributed by atoms with Gasteiger partial charge in [-0.1, -0.05) is 0 Å². The number of hydrogen-bond acceptors (Lipinski definition) is 5. The minimum Gasteiger partial charge on any atom is -0.465 e. The van der Waals surface area contributed by atoms with Crippen LogP contribution in [0, 0.1) is 5.82 Å². The highest BCUT2D eigenvalue weighted by Gasteiger charge is 2.37. The van der Waals surface area contributed by atoms with Crippen LogP contribution in [0.25, 0.3) is 0 Å². The van der Waals surface area contributed by atoms with Crippen molar-refractivity contribution >= 4 is 34.4 Å². The predicted molar refractivity (Wildman–Crippen MR) is 109 cm³/mol. The summed E-state index contributed by atoms with van der Waals surface area (Å²) >= 11 is 0. The van der Waals surface area contributed by atoms with Crippen LogP contribution >= 0.6 is 0 Å². The van der Waals surface area contributed by atoms with Gasteiger partial charge in [-0.05, 0) is 39.0 Å². The molecule has 160 valence electrons. The lowest BCUT2D eigenvalue weighted by atomic mass is 10.1. The summed E-state index contributed by atoms with van der Waals surface area (Å²) in [6.45, 7) is 6.51. The SMILES string of the molecule is CC(C)(C)N(C[C@@H]1CN(c2ccc(N3CCS(=O)CC3)c(F)c2)C(=O)O1)C(=O)O. The molecule has 2 saturated heterocycles. The number of anilines is 2. The molecule has 29 heavy (non-hydrogen) atoms. The van der Waals surface area contributed by atoms with E-state index in [1.54, 1.807) is 32.9 Å². The van der Waals surface area contributed by atoms with E-state index in [4.69, 9.17) is 4.74 Å². The number of amides is 2. The molecule has 2 amide bonds. The van der Waals surface area contributed by atoms with Crippen molar-refractivity contribution in [2.45, 2.75) is 32.4 Å². The third-order valence-corrected chi connectivity index (χ3v) is 6.34. The van der Waals surface area contributed by atoms with Gasteiger partial charge in [0.15, 0.2) is 0 Å². The zero-order chi connectivity index (χ0) is 21.3. The average Bonchev–Trinajstić information content (AvgIpc) is 3.00. The topological polar surface area (TPSA) is 90.4 Å². The van der Waals surface area contributed by atoms with E-state index in [2.05, 4.69) is 0 Å². The van der Waals surface area contributed by atoms with Crippen LogP contribution in [0.4, 0.5) is 25.4 Å². The number of carboxylic acid groups (broad SMARTS) is 1. The maximum atomic E-state index is 14.7. The monoisotopic (exact) mass is 427 g/mol. The molecule has 8 nitrogen and oxygen atoms in total. The highest BCUT2D eigenvalue weighted by molar-refractivity contribution is 7.85. The fraction of sp³-hybridized carbons (Fsp3) is 0.579. The first-order valence-electron chi connectivity index (χ1n) is 9.44. The molecule has 3 rings (SSSR count). The molecule has 0 radical (unpaired) electrons. The average molecular weight is 427 g/mol. The lowest BCUT2D eigenvalue weighted by Crippen LogP contribution is -2.49. The van der Waals surface area contributed by atoms with E-state index in [1.165, 1.54) is 15.9 Å². The standard InChI is InChI=1S/C19H26FN3O5S/c1-19(2,3)23(17(24)25)12-14-11-22(18(26)28-14)13-4-5-16(15(20)10-13)21-6-8-29(27)9-7-21/h4-5,10,14H,6-9,11-12H2,1-3H3,(H,24,25)/t14-/m0/s1. The Labute approximate surface area is 171 Å². The molecule has 0 unspecified atom stereocenters. The third kappa shape index (κ3) is 4.80. The molecule has 0 aromatic heterocycles. The molecule has 0 spiro atoms. The molecule has 1 aromatic carbocycles. The van der Waals surface area contributed by atoms with Crippen molar-refractivity contribution in [2.75, 3.05) is 47.5 Å². The van der Waals surface area contributed by atoms with Crippen molar-refractivity contribution < 1.29 is 28.0 Å². The Kier molecular flexibility index (Phi) is 6.02. The molecule has 2 aliphatic heterocycles. The van der Waals surface area contributed by atoms with Crippen molar-refractivity contribution in [1.29, 1.82) is 0 Å². The van der Waals surface area contributed by atoms with E-state index in [-0.39, 0.29) is 13.1 Å². The molecule has 1 N–H and O–H groups in total. The Bertz CT molecular complexity index is 819. The van der Waals surface area contributed by atoms with E-state index in [0.29, 0.717) is 36.0 Å². The van der Waals surface area contributed by atoms with Gasteiger partial charge < -0.3 is 14.7 Å². The number of cyclic esters (lactones) is 1. The van der Waals surface area contributed by atoms with Gasteiger partial charge in [-0.25, -0.2) is 14.0 Å². The summed E-state index contributed by atoms with van der Waals surface area (Å²) in [6, 6.07) is 4.54. The van der Waals surface area contributed by atoms with Crippen LogP contribution in [0.5, 0.6) is 0 Å². The Morgan fingerprint density at radius 2 is 2.00 bits per heavy atom. The first-order chi connectivity index (χ1) is 13.6. The number of benzene rings is 1. The first kappa shape index (κ1) is 21.4. The van der Waals surface area contributed by atoms with Crippen molar-refractivity contribution in [3.05, 3.63) is 24.0 Å². The van der Waals surface area contributed by atoms with Crippen molar-refractivity contribution in [1.82, 2.24) is 4.90 Å². The van der Waals surface area contributed by atoms with Gasteiger partial charge in [-0.2, -0.15) is 0 Å². The van der Waals surface area contributed by atoms with E-state index >= 15 is 0 Å². The van der Waals surface area contributed by atoms with Crippen LogP contribution in [0.3, 0.4) is 0 Å². The van der Waals surface area contributed by atoms with Gasteiger partial charge in [0.25, 0.3) is 0 Å². The van der Waals surface area contributed by atoms with Gasteiger partial charge in [-0.15, -0.1) is 0 Å². The molecule has 2 fully saturated rings. The zero-order valence-corrected chi connectivity index (χ0v) is 17.6. The quantitative estimate of drug-likeness (QED) is 0.794. The number of halogens is 1. The van der Waals surface area contributed by atoms with Crippen LogP contribution in [0.15, 0.2) is 18.2 Å². The van der Waals surface area contributed by atoms with Crippen molar-refractivity contribution in [3.8, 4) is 0 Å². The number of nitrogens with zero attached hydrogens (tertiary/aromatic N) is 3. The maximum Gasteiger partial charge on any atom is 0.414 e. The molecule has 0 saturated carbocycles. The Balaban J connectivity index is 1.71. The van der Waals surface area contributed by atoms with E-state index in [1.807, 2.05) is 4.90 Å². The van der Waals surface area contributed by atoms with Crippen molar-refractivity contribution in [3.63, 3.8) is 0 Å². The van der Waals surface area contributed by atoms with Gasteiger partial charge in [-0.3, -0.25) is 14.0 Å². The number of ether oxygens (including phenoxy) is 1. The van der Waals surface area contributed by atoms with Gasteiger partial charge >= 0.3 is 12.2 Å². The molecule has 2 aliphatic rings. The fourth-order valence-electron chi connectivity index (χ4n) is 3.47. The Morgan fingerprint density at radius 1 is 1.34 bits per heavy atom. The van der Waals surface area contributed by atoms with Gasteiger partial charge in [0.05, 0.1) is 24.5 Å². The van der Waals surface area contributed by atoms with E-state index in [0.717, 1.165) is 0 Å². The van der Waals surface area contributed by atoms with Crippen molar-refractivity contribution in [2.24, 2.45) is 0 Å². The second-order valence-corrected chi connectivity index (χ2v) is 9.85. The maximum absolute atomic E-state index is 14.7. The van der Waals surface area contributed by atoms with E-state index < -0.39 is 40.4 Å². The van der Waals surface area contributed by atoms with Gasteiger partial charge in [0.1, 0.15) is 11.9 Å². The lowest BCUT2D eigenvalue weighted by Gasteiger charge is -2.34.